The van der Waals surface area contributed by atoms with E-state index in [2.05, 4.69) is 25.8 Å². The molecule has 2 aromatic heterocycles. The Labute approximate surface area is 124 Å². The van der Waals surface area contributed by atoms with Crippen molar-refractivity contribution in [3.8, 4) is 0 Å². The van der Waals surface area contributed by atoms with Crippen molar-refractivity contribution in [1.82, 2.24) is 4.98 Å². The van der Waals surface area contributed by atoms with Gasteiger partial charge in [0.25, 0.3) is 0 Å². The van der Waals surface area contributed by atoms with Crippen LogP contribution in [0.5, 0.6) is 0 Å². The summed E-state index contributed by atoms with van der Waals surface area (Å²) in [5, 5.41) is 0. The van der Waals surface area contributed by atoms with Crippen molar-refractivity contribution in [3.63, 3.8) is 0 Å². The molecule has 0 amide bonds. The molecule has 0 bridgehead atoms. The summed E-state index contributed by atoms with van der Waals surface area (Å²) in [7, 11) is 2.00. The zero-order chi connectivity index (χ0) is 13.3. The normalized spacial score (nSPS) is 10.7. The Morgan fingerprint density at radius 2 is 2.22 bits per heavy atom. The molecule has 0 fully saturated rings. The highest BCUT2D eigenvalue weighted by Crippen LogP contribution is 2.31. The third-order valence-electron chi connectivity index (χ3n) is 2.67. The van der Waals surface area contributed by atoms with Gasteiger partial charge in [-0.25, -0.2) is 4.98 Å². The van der Waals surface area contributed by atoms with Crippen LogP contribution in [0.15, 0.2) is 22.8 Å². The lowest BCUT2D eigenvalue weighted by molar-refractivity contribution is 0.906. The number of nitrogens with two attached hydrogens (primary N) is 1. The minimum Gasteiger partial charge on any atom is -0.397 e. The maximum Gasteiger partial charge on any atom is 0.143 e. The second-order valence-electron chi connectivity index (χ2n) is 4.04. The number of nitrogens with zero attached hydrogens (tertiary/aromatic N) is 2. The standard InChI is InChI=1S/C12H13BrClN3S/c1-7-9(15)5-16-12(11(7)13)17(2)6-8-3-4-10(14)18-8/h3-5H,6,15H2,1-2H3. The van der Waals surface area contributed by atoms with Crippen molar-refractivity contribution in [3.05, 3.63) is 37.6 Å². The third-order valence-corrected chi connectivity index (χ3v) is 4.83. The highest BCUT2D eigenvalue weighted by molar-refractivity contribution is 9.10. The van der Waals surface area contributed by atoms with Crippen molar-refractivity contribution in [2.75, 3.05) is 17.7 Å². The fourth-order valence-corrected chi connectivity index (χ4v) is 3.37. The van der Waals surface area contributed by atoms with E-state index in [1.165, 1.54) is 4.88 Å². The van der Waals surface area contributed by atoms with E-state index < -0.39 is 0 Å². The Hall–Kier alpha value is -0.780. The molecule has 0 aromatic carbocycles. The molecule has 0 spiro atoms. The van der Waals surface area contributed by atoms with Crippen LogP contribution in [0.1, 0.15) is 10.4 Å². The summed E-state index contributed by atoms with van der Waals surface area (Å²) in [6.07, 6.45) is 1.69. The van der Waals surface area contributed by atoms with Gasteiger partial charge in [0.1, 0.15) is 5.82 Å². The molecule has 0 atom stereocenters. The molecule has 2 heterocycles. The van der Waals surface area contributed by atoms with E-state index in [4.69, 9.17) is 17.3 Å². The maximum absolute atomic E-state index is 5.93. The van der Waals surface area contributed by atoms with E-state index in [9.17, 15) is 0 Å². The van der Waals surface area contributed by atoms with E-state index in [1.807, 2.05) is 26.1 Å². The zero-order valence-electron chi connectivity index (χ0n) is 10.1. The molecule has 6 heteroatoms. The number of anilines is 2. The van der Waals surface area contributed by atoms with Crippen LogP contribution in [0.25, 0.3) is 0 Å². The average Bonchev–Trinajstić information content (AvgIpc) is 2.71. The monoisotopic (exact) mass is 345 g/mol. The minimum atomic E-state index is 0.693. The van der Waals surface area contributed by atoms with Crippen LogP contribution in [0.2, 0.25) is 4.34 Å². The molecule has 0 aliphatic rings. The number of halogens is 2. The highest BCUT2D eigenvalue weighted by atomic mass is 79.9. The largest absolute Gasteiger partial charge is 0.397 e. The number of aromatic nitrogens is 1. The molecule has 96 valence electrons. The fraction of sp³-hybridized carbons (Fsp3) is 0.250. The zero-order valence-corrected chi connectivity index (χ0v) is 13.2. The summed E-state index contributed by atoms with van der Waals surface area (Å²) in [6.45, 7) is 2.74. The molecule has 18 heavy (non-hydrogen) atoms. The first-order valence-electron chi connectivity index (χ1n) is 5.35. The second-order valence-corrected chi connectivity index (χ2v) is 6.63. The SMILES string of the molecule is Cc1c(N)cnc(N(C)Cc2ccc(Cl)s2)c1Br. The summed E-state index contributed by atoms with van der Waals surface area (Å²) in [5.74, 6) is 0.881. The van der Waals surface area contributed by atoms with Crippen molar-refractivity contribution >= 4 is 50.4 Å². The van der Waals surface area contributed by atoms with Crippen LogP contribution in [-0.2, 0) is 6.54 Å². The smallest absolute Gasteiger partial charge is 0.143 e. The van der Waals surface area contributed by atoms with Crippen LogP contribution in [0.3, 0.4) is 0 Å². The van der Waals surface area contributed by atoms with Crippen molar-refractivity contribution < 1.29 is 0 Å². The summed E-state index contributed by atoms with van der Waals surface area (Å²) in [5.41, 5.74) is 7.52. The predicted octanol–water partition coefficient (Wildman–Crippen LogP) is 4.09. The molecule has 0 saturated carbocycles. The number of thiophene rings is 1. The first-order valence-corrected chi connectivity index (χ1v) is 7.33. The Morgan fingerprint density at radius 1 is 1.50 bits per heavy atom. The lowest BCUT2D eigenvalue weighted by Gasteiger charge is -2.20. The van der Waals surface area contributed by atoms with Gasteiger partial charge in [-0.15, -0.1) is 11.3 Å². The van der Waals surface area contributed by atoms with Gasteiger partial charge in [0.15, 0.2) is 0 Å². The molecular formula is C12H13BrClN3S. The topological polar surface area (TPSA) is 42.1 Å². The first-order chi connectivity index (χ1) is 8.49. The molecule has 0 aliphatic heterocycles. The van der Waals surface area contributed by atoms with Crippen LogP contribution < -0.4 is 10.6 Å². The Balaban J connectivity index is 2.24. The molecule has 2 rings (SSSR count). The molecule has 2 N–H and O–H groups in total. The number of pyridine rings is 1. The van der Waals surface area contributed by atoms with Gasteiger partial charge in [-0.3, -0.25) is 0 Å². The fourth-order valence-electron chi connectivity index (χ4n) is 1.59. The van der Waals surface area contributed by atoms with E-state index in [-0.39, 0.29) is 0 Å². The number of hydrogen-bond donors (Lipinski definition) is 1. The second kappa shape index (κ2) is 5.47. The first kappa shape index (κ1) is 13.6. The van der Waals surface area contributed by atoms with Crippen LogP contribution >= 0.6 is 38.9 Å². The number of hydrogen-bond acceptors (Lipinski definition) is 4. The highest BCUT2D eigenvalue weighted by Gasteiger charge is 2.12. The molecule has 0 unspecified atom stereocenters. The molecule has 0 aliphatic carbocycles. The molecule has 0 saturated heterocycles. The molecule has 0 radical (unpaired) electrons. The lowest BCUT2D eigenvalue weighted by atomic mass is 10.2. The molecule has 2 aromatic rings. The van der Waals surface area contributed by atoms with Crippen LogP contribution in [0, 0.1) is 6.92 Å². The van der Waals surface area contributed by atoms with E-state index in [0.29, 0.717) is 5.69 Å². The maximum atomic E-state index is 5.93. The van der Waals surface area contributed by atoms with Gasteiger partial charge in [0.05, 0.1) is 27.2 Å². The van der Waals surface area contributed by atoms with Crippen molar-refractivity contribution in [2.24, 2.45) is 0 Å². The van der Waals surface area contributed by atoms with E-state index >= 15 is 0 Å². The summed E-state index contributed by atoms with van der Waals surface area (Å²) >= 11 is 11.0. The van der Waals surface area contributed by atoms with Gasteiger partial charge in [0.2, 0.25) is 0 Å². The van der Waals surface area contributed by atoms with Crippen molar-refractivity contribution in [1.29, 1.82) is 0 Å². The van der Waals surface area contributed by atoms with E-state index in [1.54, 1.807) is 17.5 Å². The van der Waals surface area contributed by atoms with E-state index in [0.717, 1.165) is 26.7 Å². The summed E-state index contributed by atoms with van der Waals surface area (Å²) in [6, 6.07) is 3.94. The quantitative estimate of drug-likeness (QED) is 0.910. The lowest BCUT2D eigenvalue weighted by Crippen LogP contribution is -2.18. The summed E-state index contributed by atoms with van der Waals surface area (Å²) in [4.78, 5) is 7.64. The number of rotatable bonds is 3. The Kier molecular flexibility index (Phi) is 4.14. The number of nitrogen functional groups attached to an aromatic ring is 1. The Bertz CT molecular complexity index is 570. The van der Waals surface area contributed by atoms with Gasteiger partial charge in [-0.1, -0.05) is 11.6 Å². The van der Waals surface area contributed by atoms with Gasteiger partial charge in [-0.05, 0) is 40.5 Å². The van der Waals surface area contributed by atoms with Crippen molar-refractivity contribution in [2.45, 2.75) is 13.5 Å². The van der Waals surface area contributed by atoms with Gasteiger partial charge in [-0.2, -0.15) is 0 Å². The van der Waals surface area contributed by atoms with Gasteiger partial charge < -0.3 is 10.6 Å². The minimum absolute atomic E-state index is 0.693. The van der Waals surface area contributed by atoms with Crippen LogP contribution in [0.4, 0.5) is 11.5 Å². The summed E-state index contributed by atoms with van der Waals surface area (Å²) < 4.78 is 1.74. The average molecular weight is 347 g/mol. The van der Waals surface area contributed by atoms with Gasteiger partial charge in [0, 0.05) is 11.9 Å². The van der Waals surface area contributed by atoms with Crippen LogP contribution in [-0.4, -0.2) is 12.0 Å². The predicted molar refractivity (Wildman–Crippen MR) is 82.5 cm³/mol. The molecule has 3 nitrogen and oxygen atoms in total. The molecular weight excluding hydrogens is 334 g/mol. The Morgan fingerprint density at radius 3 is 2.83 bits per heavy atom. The third kappa shape index (κ3) is 2.79. The van der Waals surface area contributed by atoms with Gasteiger partial charge >= 0.3 is 0 Å².